The van der Waals surface area contributed by atoms with Crippen LogP contribution in [0.15, 0.2) is 5.16 Å². The Morgan fingerprint density at radius 2 is 2.22 bits per heavy atom. The lowest BCUT2D eigenvalue weighted by atomic mass is 10.2. The predicted molar refractivity (Wildman–Crippen MR) is 31.1 cm³/mol. The average molecular weight is 128 g/mol. The highest BCUT2D eigenvalue weighted by Gasteiger charge is 2.31. The molecule has 0 heterocycles. The first-order valence-corrected chi connectivity index (χ1v) is 2.77. The van der Waals surface area contributed by atoms with Gasteiger partial charge >= 0.3 is 0 Å². The molecule has 4 nitrogen and oxygen atoms in total. The number of hydrogen-bond donors (Lipinski definition) is 2. The molecule has 0 spiro atoms. The van der Waals surface area contributed by atoms with Crippen molar-refractivity contribution in [1.29, 1.82) is 0 Å². The van der Waals surface area contributed by atoms with Crippen molar-refractivity contribution in [2.45, 2.75) is 12.8 Å². The zero-order chi connectivity index (χ0) is 6.85. The predicted octanol–water partition coefficient (Wildman–Crippen LogP) is -0.288. The van der Waals surface area contributed by atoms with E-state index in [2.05, 4.69) is 5.16 Å². The van der Waals surface area contributed by atoms with Gasteiger partial charge < -0.3 is 10.9 Å². The normalized spacial score (nSPS) is 19.8. The van der Waals surface area contributed by atoms with Crippen LogP contribution in [-0.4, -0.2) is 16.8 Å². The Balaban J connectivity index is 2.59. The van der Waals surface area contributed by atoms with Crippen molar-refractivity contribution >= 4 is 11.6 Å². The third-order valence-corrected chi connectivity index (χ3v) is 1.32. The van der Waals surface area contributed by atoms with Gasteiger partial charge in [0.15, 0.2) is 0 Å². The van der Waals surface area contributed by atoms with Gasteiger partial charge in [0, 0.05) is 5.92 Å². The summed E-state index contributed by atoms with van der Waals surface area (Å²) in [5.41, 5.74) is 4.98. The molecular formula is C5H8N2O2. The monoisotopic (exact) mass is 128 g/mol. The molecule has 0 radical (unpaired) electrons. The fraction of sp³-hybridized carbons (Fsp3) is 0.600. The van der Waals surface area contributed by atoms with E-state index in [9.17, 15) is 4.79 Å². The first-order valence-electron chi connectivity index (χ1n) is 2.77. The summed E-state index contributed by atoms with van der Waals surface area (Å²) in [4.78, 5) is 10.3. The van der Waals surface area contributed by atoms with Gasteiger partial charge in [0.2, 0.25) is 0 Å². The van der Waals surface area contributed by atoms with Crippen LogP contribution in [0.5, 0.6) is 0 Å². The van der Waals surface area contributed by atoms with Crippen molar-refractivity contribution in [1.82, 2.24) is 0 Å². The van der Waals surface area contributed by atoms with Crippen LogP contribution in [0.1, 0.15) is 12.8 Å². The van der Waals surface area contributed by atoms with E-state index < -0.39 is 5.91 Å². The molecule has 0 saturated heterocycles. The van der Waals surface area contributed by atoms with Crippen molar-refractivity contribution in [3.05, 3.63) is 0 Å². The smallest absolute Gasteiger partial charge is 0.266 e. The molecule has 3 N–H and O–H groups in total. The molecule has 0 aromatic heterocycles. The number of rotatable bonds is 2. The van der Waals surface area contributed by atoms with Crippen LogP contribution in [0, 0.1) is 5.92 Å². The maximum absolute atomic E-state index is 10.3. The lowest BCUT2D eigenvalue weighted by molar-refractivity contribution is -0.112. The van der Waals surface area contributed by atoms with Crippen molar-refractivity contribution in [3.63, 3.8) is 0 Å². The minimum atomic E-state index is -0.611. The van der Waals surface area contributed by atoms with E-state index in [0.717, 1.165) is 12.8 Å². The molecular weight excluding hydrogens is 120 g/mol. The van der Waals surface area contributed by atoms with Crippen LogP contribution in [-0.2, 0) is 4.79 Å². The summed E-state index contributed by atoms with van der Waals surface area (Å²) in [6.07, 6.45) is 1.84. The van der Waals surface area contributed by atoms with Crippen LogP contribution in [0.2, 0.25) is 0 Å². The fourth-order valence-corrected chi connectivity index (χ4v) is 0.689. The molecule has 1 aliphatic rings. The van der Waals surface area contributed by atoms with Gasteiger partial charge in [-0.1, -0.05) is 5.16 Å². The number of nitrogens with zero attached hydrogens (tertiary/aromatic N) is 1. The molecule has 50 valence electrons. The lowest BCUT2D eigenvalue weighted by Gasteiger charge is -1.91. The topological polar surface area (TPSA) is 75.7 Å². The summed E-state index contributed by atoms with van der Waals surface area (Å²) in [6.45, 7) is 0. The van der Waals surface area contributed by atoms with Crippen LogP contribution in [0.4, 0.5) is 0 Å². The molecule has 1 amide bonds. The maximum Gasteiger partial charge on any atom is 0.266 e. The first-order chi connectivity index (χ1) is 4.25. The van der Waals surface area contributed by atoms with Crippen LogP contribution < -0.4 is 5.73 Å². The van der Waals surface area contributed by atoms with Gasteiger partial charge in [-0.05, 0) is 12.8 Å². The highest BCUT2D eigenvalue weighted by Crippen LogP contribution is 2.30. The second kappa shape index (κ2) is 2.05. The van der Waals surface area contributed by atoms with E-state index in [1.54, 1.807) is 0 Å². The quantitative estimate of drug-likeness (QED) is 0.304. The summed E-state index contributed by atoms with van der Waals surface area (Å²) >= 11 is 0. The first kappa shape index (κ1) is 6.07. The van der Waals surface area contributed by atoms with Gasteiger partial charge in [0.05, 0.1) is 0 Å². The molecule has 1 saturated carbocycles. The van der Waals surface area contributed by atoms with E-state index in [0.29, 0.717) is 0 Å². The van der Waals surface area contributed by atoms with Crippen LogP contribution in [0.25, 0.3) is 0 Å². The molecule has 1 rings (SSSR count). The van der Waals surface area contributed by atoms with Crippen molar-refractivity contribution in [3.8, 4) is 0 Å². The number of carbonyl (C=O) groups is 1. The van der Waals surface area contributed by atoms with Gasteiger partial charge in [-0.3, -0.25) is 4.79 Å². The third kappa shape index (κ3) is 1.19. The second-order valence-corrected chi connectivity index (χ2v) is 2.12. The van der Waals surface area contributed by atoms with Gasteiger partial charge in [-0.15, -0.1) is 0 Å². The van der Waals surface area contributed by atoms with E-state index >= 15 is 0 Å². The number of carbonyl (C=O) groups excluding carboxylic acids is 1. The molecule has 1 fully saturated rings. The van der Waals surface area contributed by atoms with Crippen molar-refractivity contribution < 1.29 is 10.0 Å². The Hall–Kier alpha value is -1.06. The van der Waals surface area contributed by atoms with E-state index in [1.807, 2.05) is 0 Å². The second-order valence-electron chi connectivity index (χ2n) is 2.12. The largest absolute Gasteiger partial charge is 0.410 e. The van der Waals surface area contributed by atoms with E-state index in [-0.39, 0.29) is 11.6 Å². The summed E-state index contributed by atoms with van der Waals surface area (Å²) in [7, 11) is 0. The number of primary amides is 1. The minimum absolute atomic E-state index is 0.120. The van der Waals surface area contributed by atoms with Crippen molar-refractivity contribution in [2.75, 3.05) is 0 Å². The maximum atomic E-state index is 10.3. The fourth-order valence-electron chi connectivity index (χ4n) is 0.689. The molecule has 4 heteroatoms. The molecule has 1 aliphatic carbocycles. The van der Waals surface area contributed by atoms with Crippen LogP contribution in [0.3, 0.4) is 0 Å². The van der Waals surface area contributed by atoms with E-state index in [1.165, 1.54) is 0 Å². The number of amides is 1. The zero-order valence-electron chi connectivity index (χ0n) is 4.87. The molecule has 0 aromatic rings. The molecule has 0 aromatic carbocycles. The molecule has 9 heavy (non-hydrogen) atoms. The number of hydrogen-bond acceptors (Lipinski definition) is 3. The summed E-state index contributed by atoms with van der Waals surface area (Å²) in [5, 5.41) is 11.0. The Labute approximate surface area is 52.3 Å². The Morgan fingerprint density at radius 3 is 2.33 bits per heavy atom. The van der Waals surface area contributed by atoms with E-state index in [4.69, 9.17) is 10.9 Å². The number of oxime groups is 1. The SMILES string of the molecule is NC(=O)C(=NO)C1CC1. The van der Waals surface area contributed by atoms with Gasteiger partial charge in [0.25, 0.3) is 5.91 Å². The summed E-state index contributed by atoms with van der Waals surface area (Å²) < 4.78 is 0. The van der Waals surface area contributed by atoms with Crippen LogP contribution >= 0.6 is 0 Å². The molecule has 0 atom stereocenters. The molecule has 0 bridgehead atoms. The summed E-state index contributed by atoms with van der Waals surface area (Å²) in [6, 6.07) is 0. The summed E-state index contributed by atoms with van der Waals surface area (Å²) in [5.74, 6) is -0.479. The minimum Gasteiger partial charge on any atom is -0.410 e. The zero-order valence-corrected chi connectivity index (χ0v) is 4.87. The van der Waals surface area contributed by atoms with Gasteiger partial charge in [-0.2, -0.15) is 0 Å². The molecule has 0 unspecified atom stereocenters. The Bertz CT molecular complexity index is 160. The highest BCUT2D eigenvalue weighted by molar-refractivity contribution is 6.39. The van der Waals surface area contributed by atoms with Gasteiger partial charge in [0.1, 0.15) is 5.71 Å². The standard InChI is InChI=1S/C5H8N2O2/c6-5(8)4(7-9)3-1-2-3/h3,9H,1-2H2,(H2,6,8). The third-order valence-electron chi connectivity index (χ3n) is 1.32. The highest BCUT2D eigenvalue weighted by atomic mass is 16.4. The average Bonchev–Trinajstić information content (AvgIpc) is 2.50. The van der Waals surface area contributed by atoms with Crippen molar-refractivity contribution in [2.24, 2.45) is 16.8 Å². The van der Waals surface area contributed by atoms with Gasteiger partial charge in [-0.25, -0.2) is 0 Å². The number of nitrogens with two attached hydrogens (primary N) is 1. The Morgan fingerprint density at radius 1 is 1.67 bits per heavy atom. The Kier molecular flexibility index (Phi) is 1.38. The molecule has 0 aliphatic heterocycles. The lowest BCUT2D eigenvalue weighted by Crippen LogP contribution is -2.24.